The van der Waals surface area contributed by atoms with Gasteiger partial charge in [-0.25, -0.2) is 9.37 Å². The highest BCUT2D eigenvalue weighted by Gasteiger charge is 2.11. The Bertz CT molecular complexity index is 994. The first kappa shape index (κ1) is 18.5. The van der Waals surface area contributed by atoms with E-state index in [1.165, 1.54) is 35.7 Å². The van der Waals surface area contributed by atoms with Crippen LogP contribution < -0.4 is 10.1 Å². The first-order chi connectivity index (χ1) is 13.1. The Labute approximate surface area is 157 Å². The van der Waals surface area contributed by atoms with Gasteiger partial charge in [0.1, 0.15) is 28.2 Å². The maximum absolute atomic E-state index is 13.0. The molecule has 8 heteroatoms. The van der Waals surface area contributed by atoms with Crippen molar-refractivity contribution in [2.45, 2.75) is 6.61 Å². The second-order valence-electron chi connectivity index (χ2n) is 5.23. The Morgan fingerprint density at radius 3 is 2.63 bits per heavy atom. The molecule has 0 atom stereocenters. The fraction of sp³-hybridized carbons (Fsp3) is 0.0526. The Morgan fingerprint density at radius 2 is 1.93 bits per heavy atom. The standard InChI is InChI=1S/C19H12F3N3OS/c20-14-7-5-12(6-8-14)16-11-27-18(25-16)13(9-23)10-24-15-3-1-2-4-17(15)26-19(21)22/h1-8,10-11,19,24H/b13-10+. The van der Waals surface area contributed by atoms with Gasteiger partial charge in [0.2, 0.25) is 0 Å². The van der Waals surface area contributed by atoms with Gasteiger partial charge in [0.05, 0.1) is 11.4 Å². The molecule has 0 aliphatic heterocycles. The maximum Gasteiger partial charge on any atom is 0.387 e. The van der Waals surface area contributed by atoms with E-state index in [0.717, 1.165) is 5.56 Å². The van der Waals surface area contributed by atoms with Crippen molar-refractivity contribution >= 4 is 22.6 Å². The van der Waals surface area contributed by atoms with Gasteiger partial charge >= 0.3 is 6.61 Å². The Balaban J connectivity index is 1.82. The highest BCUT2D eigenvalue weighted by atomic mass is 32.1. The molecule has 0 fully saturated rings. The van der Waals surface area contributed by atoms with Gasteiger partial charge in [-0.1, -0.05) is 12.1 Å². The maximum atomic E-state index is 13.0. The van der Waals surface area contributed by atoms with Crippen molar-refractivity contribution in [1.82, 2.24) is 4.98 Å². The van der Waals surface area contributed by atoms with Gasteiger partial charge in [-0.05, 0) is 36.4 Å². The van der Waals surface area contributed by atoms with Crippen molar-refractivity contribution in [3.63, 3.8) is 0 Å². The number of nitriles is 1. The zero-order chi connectivity index (χ0) is 19.2. The van der Waals surface area contributed by atoms with Crippen molar-refractivity contribution in [2.75, 3.05) is 5.32 Å². The minimum absolute atomic E-state index is 0.0350. The number of nitrogens with one attached hydrogen (secondary N) is 1. The van der Waals surface area contributed by atoms with Crippen molar-refractivity contribution < 1.29 is 17.9 Å². The van der Waals surface area contributed by atoms with Crippen LogP contribution in [0.2, 0.25) is 0 Å². The monoisotopic (exact) mass is 387 g/mol. The normalized spacial score (nSPS) is 11.3. The third-order valence-corrected chi connectivity index (χ3v) is 4.35. The van der Waals surface area contributed by atoms with Gasteiger partial charge in [-0.3, -0.25) is 0 Å². The van der Waals surface area contributed by atoms with Crippen LogP contribution in [0.1, 0.15) is 5.01 Å². The van der Waals surface area contributed by atoms with E-state index in [9.17, 15) is 18.4 Å². The van der Waals surface area contributed by atoms with Crippen molar-refractivity contribution in [3.05, 3.63) is 70.9 Å². The van der Waals surface area contributed by atoms with Crippen LogP contribution in [0.3, 0.4) is 0 Å². The second kappa shape index (κ2) is 8.38. The van der Waals surface area contributed by atoms with Gasteiger partial charge in [0.25, 0.3) is 0 Å². The Morgan fingerprint density at radius 1 is 1.19 bits per heavy atom. The largest absolute Gasteiger partial charge is 0.433 e. The molecular formula is C19H12F3N3OS. The number of ether oxygens (including phenoxy) is 1. The van der Waals surface area contributed by atoms with E-state index in [-0.39, 0.29) is 17.1 Å². The third-order valence-electron chi connectivity index (χ3n) is 3.47. The summed E-state index contributed by atoms with van der Waals surface area (Å²) in [6.07, 6.45) is 1.38. The van der Waals surface area contributed by atoms with Gasteiger partial charge in [-0.2, -0.15) is 14.0 Å². The molecule has 27 heavy (non-hydrogen) atoms. The molecule has 1 N–H and O–H groups in total. The molecule has 2 aromatic carbocycles. The molecule has 0 saturated carbocycles. The molecule has 3 aromatic rings. The SMILES string of the molecule is N#C/C(=C\Nc1ccccc1OC(F)F)c1nc(-c2ccc(F)cc2)cs1. The first-order valence-corrected chi connectivity index (χ1v) is 8.57. The van der Waals surface area contributed by atoms with Crippen LogP contribution in [0.4, 0.5) is 18.9 Å². The molecule has 0 saturated heterocycles. The van der Waals surface area contributed by atoms with Crippen LogP contribution in [-0.4, -0.2) is 11.6 Å². The summed E-state index contributed by atoms with van der Waals surface area (Å²) in [5.41, 5.74) is 1.85. The number of thiazole rings is 1. The van der Waals surface area contributed by atoms with Crippen LogP contribution in [0.15, 0.2) is 60.1 Å². The number of para-hydroxylation sites is 2. The zero-order valence-corrected chi connectivity index (χ0v) is 14.5. The summed E-state index contributed by atoms with van der Waals surface area (Å²) in [6, 6.07) is 14.0. The number of nitrogens with zero attached hydrogens (tertiary/aromatic N) is 2. The minimum atomic E-state index is -2.95. The summed E-state index contributed by atoms with van der Waals surface area (Å²) >= 11 is 1.24. The van der Waals surface area contributed by atoms with E-state index in [1.54, 1.807) is 35.7 Å². The number of hydrogen-bond acceptors (Lipinski definition) is 5. The van der Waals surface area contributed by atoms with Gasteiger partial charge < -0.3 is 10.1 Å². The number of anilines is 1. The number of hydrogen-bond donors (Lipinski definition) is 1. The smallest absolute Gasteiger partial charge is 0.387 e. The molecule has 3 rings (SSSR count). The number of halogens is 3. The third kappa shape index (κ3) is 4.65. The van der Waals surface area contributed by atoms with E-state index in [1.807, 2.05) is 6.07 Å². The lowest BCUT2D eigenvalue weighted by Crippen LogP contribution is -2.04. The average molecular weight is 387 g/mol. The van der Waals surface area contributed by atoms with E-state index >= 15 is 0 Å². The summed E-state index contributed by atoms with van der Waals surface area (Å²) in [6.45, 7) is -2.95. The summed E-state index contributed by atoms with van der Waals surface area (Å²) in [7, 11) is 0. The zero-order valence-electron chi connectivity index (χ0n) is 13.7. The summed E-state index contributed by atoms with van der Waals surface area (Å²) in [5, 5.41) is 14.4. The molecular weight excluding hydrogens is 375 g/mol. The molecule has 0 bridgehead atoms. The molecule has 1 heterocycles. The van der Waals surface area contributed by atoms with Gasteiger partial charge in [0, 0.05) is 17.1 Å². The second-order valence-corrected chi connectivity index (χ2v) is 6.09. The molecule has 0 unspecified atom stereocenters. The molecule has 1 aromatic heterocycles. The number of alkyl halides is 2. The number of benzene rings is 2. The van der Waals surface area contributed by atoms with Crippen LogP contribution >= 0.6 is 11.3 Å². The van der Waals surface area contributed by atoms with Crippen LogP contribution in [-0.2, 0) is 0 Å². The fourth-order valence-electron chi connectivity index (χ4n) is 2.23. The Kier molecular flexibility index (Phi) is 5.74. The van der Waals surface area contributed by atoms with E-state index in [2.05, 4.69) is 15.0 Å². The highest BCUT2D eigenvalue weighted by molar-refractivity contribution is 7.11. The quantitative estimate of drug-likeness (QED) is 0.565. The summed E-state index contributed by atoms with van der Waals surface area (Å²) in [5.74, 6) is -0.382. The number of allylic oxidation sites excluding steroid dienone is 1. The van der Waals surface area contributed by atoms with Crippen molar-refractivity contribution in [3.8, 4) is 23.1 Å². The summed E-state index contributed by atoms with van der Waals surface area (Å²) in [4.78, 5) is 4.38. The summed E-state index contributed by atoms with van der Waals surface area (Å²) < 4.78 is 42.4. The predicted octanol–water partition coefficient (Wildman–Crippen LogP) is 5.53. The van der Waals surface area contributed by atoms with E-state index in [4.69, 9.17) is 0 Å². The van der Waals surface area contributed by atoms with Crippen LogP contribution in [0.5, 0.6) is 5.75 Å². The average Bonchev–Trinajstić information content (AvgIpc) is 3.13. The van der Waals surface area contributed by atoms with E-state index < -0.39 is 6.61 Å². The molecule has 0 aliphatic rings. The predicted molar refractivity (Wildman–Crippen MR) is 97.8 cm³/mol. The molecule has 0 spiro atoms. The Hall–Kier alpha value is -3.31. The highest BCUT2D eigenvalue weighted by Crippen LogP contribution is 2.28. The molecule has 0 aliphatic carbocycles. The fourth-order valence-corrected chi connectivity index (χ4v) is 3.02. The van der Waals surface area contributed by atoms with Crippen molar-refractivity contribution in [2.24, 2.45) is 0 Å². The van der Waals surface area contributed by atoms with Crippen LogP contribution in [0.25, 0.3) is 16.8 Å². The minimum Gasteiger partial charge on any atom is -0.433 e. The molecule has 0 amide bonds. The van der Waals surface area contributed by atoms with Gasteiger partial charge in [-0.15, -0.1) is 11.3 Å². The topological polar surface area (TPSA) is 57.9 Å². The lowest BCUT2D eigenvalue weighted by atomic mass is 10.2. The van der Waals surface area contributed by atoms with Crippen LogP contribution in [0, 0.1) is 17.1 Å². The van der Waals surface area contributed by atoms with Crippen molar-refractivity contribution in [1.29, 1.82) is 5.26 Å². The number of rotatable bonds is 6. The molecule has 136 valence electrons. The number of aromatic nitrogens is 1. The molecule has 0 radical (unpaired) electrons. The van der Waals surface area contributed by atoms with E-state index in [0.29, 0.717) is 16.4 Å². The van der Waals surface area contributed by atoms with Gasteiger partial charge in [0.15, 0.2) is 0 Å². The lowest BCUT2D eigenvalue weighted by Gasteiger charge is -2.10. The first-order valence-electron chi connectivity index (χ1n) is 7.69. The molecule has 4 nitrogen and oxygen atoms in total. The lowest BCUT2D eigenvalue weighted by molar-refractivity contribution is -0.0493.